The van der Waals surface area contributed by atoms with E-state index in [1.165, 1.54) is 7.11 Å². The van der Waals surface area contributed by atoms with Crippen LogP contribution in [0.15, 0.2) is 48.9 Å². The molecule has 1 aliphatic rings. The number of pyridine rings is 2. The van der Waals surface area contributed by atoms with E-state index in [9.17, 15) is 4.79 Å². The highest BCUT2D eigenvalue weighted by molar-refractivity contribution is 5.96. The van der Waals surface area contributed by atoms with E-state index in [1.54, 1.807) is 24.5 Å². The van der Waals surface area contributed by atoms with Crippen LogP contribution in [-0.2, 0) is 0 Å². The summed E-state index contributed by atoms with van der Waals surface area (Å²) in [6, 6.07) is 9.57. The number of ether oxygens (including phenoxy) is 1. The first-order valence-corrected chi connectivity index (χ1v) is 8.01. The van der Waals surface area contributed by atoms with E-state index in [1.807, 2.05) is 23.2 Å². The molecule has 1 fully saturated rings. The molecule has 0 bridgehead atoms. The van der Waals surface area contributed by atoms with Gasteiger partial charge in [0.15, 0.2) is 0 Å². The summed E-state index contributed by atoms with van der Waals surface area (Å²) >= 11 is 0. The van der Waals surface area contributed by atoms with E-state index < -0.39 is 0 Å². The van der Waals surface area contributed by atoms with Crippen molar-refractivity contribution < 1.29 is 9.53 Å². The van der Waals surface area contributed by atoms with E-state index in [2.05, 4.69) is 20.4 Å². The van der Waals surface area contributed by atoms with Crippen LogP contribution in [0.25, 0.3) is 5.65 Å². The molecule has 1 aliphatic heterocycles. The second kappa shape index (κ2) is 5.96. The van der Waals surface area contributed by atoms with Gasteiger partial charge in [-0.05, 0) is 37.1 Å². The lowest BCUT2D eigenvalue weighted by molar-refractivity contribution is 0.0728. The van der Waals surface area contributed by atoms with E-state index in [4.69, 9.17) is 4.74 Å². The number of aromatic nitrogens is 3. The molecule has 3 aromatic rings. The second-order valence-corrected chi connectivity index (χ2v) is 5.82. The van der Waals surface area contributed by atoms with Crippen LogP contribution in [0.2, 0.25) is 0 Å². The first kappa shape index (κ1) is 14.7. The third-order valence-electron chi connectivity index (χ3n) is 4.51. The molecular formula is C18H18N4O2. The number of amides is 1. The Morgan fingerprint density at radius 2 is 2.12 bits per heavy atom. The van der Waals surface area contributed by atoms with Gasteiger partial charge in [-0.1, -0.05) is 6.07 Å². The van der Waals surface area contributed by atoms with Gasteiger partial charge in [0, 0.05) is 30.8 Å². The van der Waals surface area contributed by atoms with Crippen molar-refractivity contribution in [2.24, 2.45) is 0 Å². The third-order valence-corrected chi connectivity index (χ3v) is 4.51. The maximum atomic E-state index is 13.1. The maximum absolute atomic E-state index is 13.1. The van der Waals surface area contributed by atoms with Gasteiger partial charge in [-0.2, -0.15) is 0 Å². The zero-order chi connectivity index (χ0) is 16.5. The van der Waals surface area contributed by atoms with E-state index >= 15 is 0 Å². The van der Waals surface area contributed by atoms with E-state index in [-0.39, 0.29) is 11.9 Å². The monoisotopic (exact) mass is 322 g/mol. The number of carbonyl (C=O) groups is 1. The van der Waals surface area contributed by atoms with Crippen LogP contribution in [0.3, 0.4) is 0 Å². The van der Waals surface area contributed by atoms with Crippen LogP contribution in [0.1, 0.15) is 34.9 Å². The molecule has 122 valence electrons. The third kappa shape index (κ3) is 2.31. The fourth-order valence-corrected chi connectivity index (χ4v) is 3.43. The van der Waals surface area contributed by atoms with Crippen LogP contribution in [0, 0.1) is 0 Å². The van der Waals surface area contributed by atoms with Gasteiger partial charge in [-0.3, -0.25) is 4.79 Å². The molecule has 1 amide bonds. The molecule has 0 spiro atoms. The SMILES string of the molecule is COc1ncccc1C(=O)N1CCC[C@@H]1c1cccc2nccn12. The summed E-state index contributed by atoms with van der Waals surface area (Å²) in [7, 11) is 1.53. The van der Waals surface area contributed by atoms with Crippen molar-refractivity contribution in [2.75, 3.05) is 13.7 Å². The summed E-state index contributed by atoms with van der Waals surface area (Å²) in [6.07, 6.45) is 7.26. The highest BCUT2D eigenvalue weighted by Gasteiger charge is 2.33. The fourth-order valence-electron chi connectivity index (χ4n) is 3.43. The van der Waals surface area contributed by atoms with E-state index in [0.29, 0.717) is 11.4 Å². The number of fused-ring (bicyclic) bond motifs is 1. The molecule has 0 unspecified atom stereocenters. The molecular weight excluding hydrogens is 304 g/mol. The smallest absolute Gasteiger partial charge is 0.259 e. The Morgan fingerprint density at radius 1 is 1.21 bits per heavy atom. The molecule has 1 atom stereocenters. The number of imidazole rings is 1. The molecule has 0 aliphatic carbocycles. The highest BCUT2D eigenvalue weighted by Crippen LogP contribution is 2.34. The number of hydrogen-bond acceptors (Lipinski definition) is 4. The Hall–Kier alpha value is -2.89. The summed E-state index contributed by atoms with van der Waals surface area (Å²) < 4.78 is 7.30. The molecule has 6 nitrogen and oxygen atoms in total. The van der Waals surface area contributed by atoms with Crippen molar-refractivity contribution >= 4 is 11.6 Å². The minimum Gasteiger partial charge on any atom is -0.480 e. The van der Waals surface area contributed by atoms with Gasteiger partial charge in [0.1, 0.15) is 11.2 Å². The predicted octanol–water partition coefficient (Wildman–Crippen LogP) is 2.72. The minimum absolute atomic E-state index is 0.0281. The van der Waals surface area contributed by atoms with Gasteiger partial charge < -0.3 is 14.0 Å². The van der Waals surface area contributed by atoms with Crippen LogP contribution >= 0.6 is 0 Å². The summed E-state index contributed by atoms with van der Waals surface area (Å²) in [6.45, 7) is 0.729. The van der Waals surface area contributed by atoms with Crippen molar-refractivity contribution in [3.63, 3.8) is 0 Å². The number of carbonyl (C=O) groups excluding carboxylic acids is 1. The van der Waals surface area contributed by atoms with Crippen molar-refractivity contribution in [3.8, 4) is 5.88 Å². The lowest BCUT2D eigenvalue weighted by Crippen LogP contribution is -2.31. The quantitative estimate of drug-likeness (QED) is 0.744. The molecule has 6 heteroatoms. The molecule has 4 rings (SSSR count). The van der Waals surface area contributed by atoms with Crippen molar-refractivity contribution in [2.45, 2.75) is 18.9 Å². The number of likely N-dealkylation sites (tertiary alicyclic amines) is 1. The zero-order valence-corrected chi connectivity index (χ0v) is 13.4. The Bertz CT molecular complexity index is 889. The lowest BCUT2D eigenvalue weighted by atomic mass is 10.1. The Morgan fingerprint density at radius 3 is 3.00 bits per heavy atom. The van der Waals surface area contributed by atoms with E-state index in [0.717, 1.165) is 30.7 Å². The molecule has 0 aromatic carbocycles. The average Bonchev–Trinajstić information content (AvgIpc) is 3.29. The topological polar surface area (TPSA) is 59.7 Å². The summed E-state index contributed by atoms with van der Waals surface area (Å²) in [5.41, 5.74) is 2.48. The van der Waals surface area contributed by atoms with Gasteiger partial charge in [-0.15, -0.1) is 0 Å². The van der Waals surface area contributed by atoms with Crippen molar-refractivity contribution in [1.29, 1.82) is 0 Å². The second-order valence-electron chi connectivity index (χ2n) is 5.82. The molecule has 0 saturated carbocycles. The zero-order valence-electron chi connectivity index (χ0n) is 13.4. The number of methoxy groups -OCH3 is 1. The molecule has 0 N–H and O–H groups in total. The largest absolute Gasteiger partial charge is 0.480 e. The minimum atomic E-state index is -0.0421. The molecule has 0 radical (unpaired) electrons. The van der Waals surface area contributed by atoms with Gasteiger partial charge in [-0.25, -0.2) is 9.97 Å². The number of hydrogen-bond donors (Lipinski definition) is 0. The number of rotatable bonds is 3. The Balaban J connectivity index is 1.73. The Kier molecular flexibility index (Phi) is 3.65. The molecule has 4 heterocycles. The summed E-state index contributed by atoms with van der Waals surface area (Å²) in [5, 5.41) is 0. The van der Waals surface area contributed by atoms with Crippen molar-refractivity contribution in [3.05, 3.63) is 60.2 Å². The predicted molar refractivity (Wildman–Crippen MR) is 89.0 cm³/mol. The van der Waals surface area contributed by atoms with Crippen LogP contribution < -0.4 is 4.74 Å². The fraction of sp³-hybridized carbons (Fsp3) is 0.278. The molecule has 1 saturated heterocycles. The summed E-state index contributed by atoms with van der Waals surface area (Å²) in [5.74, 6) is 0.327. The van der Waals surface area contributed by atoms with Crippen LogP contribution in [0.4, 0.5) is 0 Å². The van der Waals surface area contributed by atoms with Gasteiger partial charge >= 0.3 is 0 Å². The highest BCUT2D eigenvalue weighted by atomic mass is 16.5. The van der Waals surface area contributed by atoms with Gasteiger partial charge in [0.2, 0.25) is 5.88 Å². The standard InChI is InChI=1S/C18H18N4O2/c1-24-17-13(5-3-9-20-17)18(23)22-11-4-7-15(22)14-6-2-8-16-19-10-12-21(14)16/h2-3,5-6,8-10,12,15H,4,7,11H2,1H3/t15-/m1/s1. The maximum Gasteiger partial charge on any atom is 0.259 e. The molecule has 3 aromatic heterocycles. The van der Waals surface area contributed by atoms with Gasteiger partial charge in [0.25, 0.3) is 5.91 Å². The first-order chi connectivity index (χ1) is 11.8. The normalized spacial score (nSPS) is 17.4. The lowest BCUT2D eigenvalue weighted by Gasteiger charge is -2.26. The van der Waals surface area contributed by atoms with Crippen LogP contribution in [-0.4, -0.2) is 38.8 Å². The van der Waals surface area contributed by atoms with Crippen LogP contribution in [0.5, 0.6) is 5.88 Å². The van der Waals surface area contributed by atoms with Crippen molar-refractivity contribution in [1.82, 2.24) is 19.3 Å². The number of nitrogens with zero attached hydrogens (tertiary/aromatic N) is 4. The summed E-state index contributed by atoms with van der Waals surface area (Å²) in [4.78, 5) is 23.5. The first-order valence-electron chi connectivity index (χ1n) is 8.01. The Labute approximate surface area is 139 Å². The molecule has 24 heavy (non-hydrogen) atoms. The van der Waals surface area contributed by atoms with Gasteiger partial charge in [0.05, 0.1) is 13.2 Å². The average molecular weight is 322 g/mol.